The number of aromatic nitrogens is 1. The lowest BCUT2D eigenvalue weighted by Crippen LogP contribution is -2.00. The molecule has 0 spiro atoms. The van der Waals surface area contributed by atoms with Crippen LogP contribution in [0.2, 0.25) is 0 Å². The number of rotatable bonds is 5. The average molecular weight is 307 g/mol. The summed E-state index contributed by atoms with van der Waals surface area (Å²) < 4.78 is 10.1. The lowest BCUT2D eigenvalue weighted by atomic mass is 10.3. The largest absolute Gasteiger partial charge is 0.478 e. The number of hydrogen-bond donors (Lipinski definition) is 1. The molecule has 7 heteroatoms. The van der Waals surface area contributed by atoms with E-state index in [2.05, 4.69) is 9.72 Å². The zero-order chi connectivity index (χ0) is 15.4. The minimum Gasteiger partial charge on any atom is -0.478 e. The number of carbonyl (C=O) groups is 2. The van der Waals surface area contributed by atoms with E-state index >= 15 is 0 Å². The predicted octanol–water partition coefficient (Wildman–Crippen LogP) is 2.76. The fraction of sp³-hybridized carbons (Fsp3) is 0.214. The summed E-state index contributed by atoms with van der Waals surface area (Å²) >= 11 is 1.39. The lowest BCUT2D eigenvalue weighted by molar-refractivity contribution is 0.0561. The number of carbonyl (C=O) groups excluding carboxylic acids is 1. The summed E-state index contributed by atoms with van der Waals surface area (Å²) in [7, 11) is 1.30. The Balaban J connectivity index is 2.03. The van der Waals surface area contributed by atoms with Crippen molar-refractivity contribution in [3.8, 4) is 0 Å². The standard InChI is InChI=1S/C14H13NO5S/c1-8-5-10(20-12(8)14(18)19-2)7-21-11-4-3-9(6-15-11)13(16)17/h3-6H,7H2,1-2H3,(H,16,17). The zero-order valence-electron chi connectivity index (χ0n) is 11.5. The molecular weight excluding hydrogens is 294 g/mol. The summed E-state index contributed by atoms with van der Waals surface area (Å²) in [5.41, 5.74) is 0.854. The Labute approximate surface area is 125 Å². The van der Waals surface area contributed by atoms with Crippen LogP contribution in [0.15, 0.2) is 33.8 Å². The molecule has 0 radical (unpaired) electrons. The SMILES string of the molecule is COC(=O)c1oc(CSc2ccc(C(=O)O)cn2)cc1C. The maximum Gasteiger partial charge on any atom is 0.374 e. The van der Waals surface area contributed by atoms with Crippen molar-refractivity contribution in [2.75, 3.05) is 7.11 Å². The van der Waals surface area contributed by atoms with E-state index in [9.17, 15) is 9.59 Å². The van der Waals surface area contributed by atoms with E-state index in [-0.39, 0.29) is 11.3 Å². The Bertz CT molecular complexity index is 663. The second kappa shape index (κ2) is 6.45. The maximum atomic E-state index is 11.4. The third-order valence-corrected chi connectivity index (χ3v) is 3.65. The first-order valence-electron chi connectivity index (χ1n) is 6.01. The van der Waals surface area contributed by atoms with Crippen LogP contribution in [-0.2, 0) is 10.5 Å². The molecule has 1 N–H and O–H groups in total. The number of pyridine rings is 1. The monoisotopic (exact) mass is 307 g/mol. The first-order valence-corrected chi connectivity index (χ1v) is 6.99. The molecule has 0 unspecified atom stereocenters. The van der Waals surface area contributed by atoms with Crippen molar-refractivity contribution in [3.63, 3.8) is 0 Å². The smallest absolute Gasteiger partial charge is 0.374 e. The minimum atomic E-state index is -1.01. The van der Waals surface area contributed by atoms with Gasteiger partial charge in [-0.05, 0) is 25.1 Å². The van der Waals surface area contributed by atoms with E-state index < -0.39 is 11.9 Å². The molecule has 0 aromatic carbocycles. The Morgan fingerprint density at radius 2 is 2.19 bits per heavy atom. The summed E-state index contributed by atoms with van der Waals surface area (Å²) in [6, 6.07) is 4.89. The van der Waals surface area contributed by atoms with Crippen molar-refractivity contribution in [2.45, 2.75) is 17.7 Å². The number of carboxylic acid groups (broad SMARTS) is 1. The minimum absolute atomic E-state index is 0.140. The predicted molar refractivity (Wildman–Crippen MR) is 75.5 cm³/mol. The Morgan fingerprint density at radius 1 is 1.43 bits per heavy atom. The summed E-state index contributed by atoms with van der Waals surface area (Å²) in [6.45, 7) is 1.77. The number of esters is 1. The third kappa shape index (κ3) is 3.63. The van der Waals surface area contributed by atoms with Gasteiger partial charge in [0.2, 0.25) is 5.76 Å². The second-order valence-electron chi connectivity index (χ2n) is 4.20. The van der Waals surface area contributed by atoms with Crippen LogP contribution in [0.1, 0.15) is 32.2 Å². The van der Waals surface area contributed by atoms with Crippen molar-refractivity contribution in [2.24, 2.45) is 0 Å². The lowest BCUT2D eigenvalue weighted by Gasteiger charge is -1.99. The number of furan rings is 1. The van der Waals surface area contributed by atoms with Crippen molar-refractivity contribution in [3.05, 3.63) is 47.0 Å². The van der Waals surface area contributed by atoms with Gasteiger partial charge in [0, 0.05) is 11.8 Å². The van der Waals surface area contributed by atoms with Crippen LogP contribution in [0, 0.1) is 6.92 Å². The highest BCUT2D eigenvalue weighted by molar-refractivity contribution is 7.98. The van der Waals surface area contributed by atoms with Crippen LogP contribution in [0.5, 0.6) is 0 Å². The molecule has 110 valence electrons. The van der Waals surface area contributed by atoms with Crippen LogP contribution in [0.3, 0.4) is 0 Å². The first-order chi connectivity index (χ1) is 10.0. The molecule has 0 saturated carbocycles. The van der Waals surface area contributed by atoms with Gasteiger partial charge in [-0.3, -0.25) is 0 Å². The van der Waals surface area contributed by atoms with Gasteiger partial charge in [-0.1, -0.05) is 11.8 Å². The molecule has 2 aromatic heterocycles. The Morgan fingerprint density at radius 3 is 2.76 bits per heavy atom. The third-order valence-electron chi connectivity index (χ3n) is 2.69. The van der Waals surface area contributed by atoms with E-state index in [4.69, 9.17) is 9.52 Å². The maximum absolute atomic E-state index is 11.4. The average Bonchev–Trinajstić information content (AvgIpc) is 2.86. The van der Waals surface area contributed by atoms with Crippen LogP contribution >= 0.6 is 11.8 Å². The second-order valence-corrected chi connectivity index (χ2v) is 5.19. The van der Waals surface area contributed by atoms with Gasteiger partial charge in [0.25, 0.3) is 0 Å². The molecule has 6 nitrogen and oxygen atoms in total. The van der Waals surface area contributed by atoms with Gasteiger partial charge in [-0.25, -0.2) is 14.6 Å². The van der Waals surface area contributed by atoms with Gasteiger partial charge < -0.3 is 14.3 Å². The van der Waals surface area contributed by atoms with Crippen LogP contribution in [-0.4, -0.2) is 29.1 Å². The number of nitrogens with zero attached hydrogens (tertiary/aromatic N) is 1. The van der Waals surface area contributed by atoms with Gasteiger partial charge in [-0.2, -0.15) is 0 Å². The molecule has 0 atom stereocenters. The fourth-order valence-corrected chi connectivity index (χ4v) is 2.38. The van der Waals surface area contributed by atoms with Crippen molar-refractivity contribution < 1.29 is 23.8 Å². The summed E-state index contributed by atoms with van der Waals surface area (Å²) in [4.78, 5) is 26.2. The van der Waals surface area contributed by atoms with Gasteiger partial charge in [0.1, 0.15) is 5.76 Å². The van der Waals surface area contributed by atoms with E-state index in [1.54, 1.807) is 19.1 Å². The van der Waals surface area contributed by atoms with E-state index in [0.29, 0.717) is 22.1 Å². The normalized spacial score (nSPS) is 10.4. The molecule has 2 aromatic rings. The number of methoxy groups -OCH3 is 1. The van der Waals surface area contributed by atoms with Crippen molar-refractivity contribution >= 4 is 23.7 Å². The number of thioether (sulfide) groups is 1. The van der Waals surface area contributed by atoms with Crippen LogP contribution < -0.4 is 0 Å². The number of ether oxygens (including phenoxy) is 1. The van der Waals surface area contributed by atoms with Crippen LogP contribution in [0.4, 0.5) is 0 Å². The van der Waals surface area contributed by atoms with Gasteiger partial charge >= 0.3 is 11.9 Å². The first kappa shape index (κ1) is 15.1. The number of aryl methyl sites for hydroxylation is 1. The molecule has 21 heavy (non-hydrogen) atoms. The summed E-state index contributed by atoms with van der Waals surface area (Å²) in [5.74, 6) is -0.211. The zero-order valence-corrected chi connectivity index (χ0v) is 12.3. The molecule has 0 aliphatic heterocycles. The summed E-state index contributed by atoms with van der Waals surface area (Å²) in [5, 5.41) is 9.46. The summed E-state index contributed by atoms with van der Waals surface area (Å²) in [6.07, 6.45) is 1.30. The quantitative estimate of drug-likeness (QED) is 0.671. The highest BCUT2D eigenvalue weighted by Gasteiger charge is 2.16. The number of aromatic carboxylic acids is 1. The van der Waals surface area contributed by atoms with Crippen molar-refractivity contribution in [1.82, 2.24) is 4.98 Å². The molecule has 0 bridgehead atoms. The molecular formula is C14H13NO5S. The van der Waals surface area contributed by atoms with Gasteiger partial charge in [-0.15, -0.1) is 0 Å². The number of hydrogen-bond acceptors (Lipinski definition) is 6. The molecule has 2 heterocycles. The molecule has 0 fully saturated rings. The molecule has 0 aliphatic carbocycles. The number of carboxylic acids is 1. The highest BCUT2D eigenvalue weighted by Crippen LogP contribution is 2.24. The molecule has 0 amide bonds. The molecule has 0 aliphatic rings. The van der Waals surface area contributed by atoms with Crippen molar-refractivity contribution in [1.29, 1.82) is 0 Å². The molecule has 2 rings (SSSR count). The highest BCUT2D eigenvalue weighted by atomic mass is 32.2. The van der Waals surface area contributed by atoms with E-state index in [1.807, 2.05) is 0 Å². The molecule has 0 saturated heterocycles. The fourth-order valence-electron chi connectivity index (χ4n) is 1.65. The van der Waals surface area contributed by atoms with Gasteiger partial charge in [0.05, 0.1) is 23.5 Å². The Hall–Kier alpha value is -2.28. The van der Waals surface area contributed by atoms with Crippen LogP contribution in [0.25, 0.3) is 0 Å². The Kier molecular flexibility index (Phi) is 4.64. The van der Waals surface area contributed by atoms with Gasteiger partial charge in [0.15, 0.2) is 0 Å². The topological polar surface area (TPSA) is 89.6 Å². The van der Waals surface area contributed by atoms with E-state index in [1.165, 1.54) is 31.1 Å². The van der Waals surface area contributed by atoms with E-state index in [0.717, 1.165) is 0 Å².